The zero-order chi connectivity index (χ0) is 8.57. The minimum atomic E-state index is -0.745. The molecule has 0 aromatic carbocycles. The van der Waals surface area contributed by atoms with Gasteiger partial charge in [0.05, 0.1) is 0 Å². The van der Waals surface area contributed by atoms with Crippen LogP contribution < -0.4 is 0 Å². The van der Waals surface area contributed by atoms with Crippen LogP contribution in [0.1, 0.15) is 26.7 Å². The standard InChI is InChI=1S/2C3H6O2.Ni/c2*1-2-3(4)5;/h2*2H2,1H3,(H,4,5);. The Bertz CT molecular complexity index is 99.1. The number of carboxylic acids is 2. The van der Waals surface area contributed by atoms with Gasteiger partial charge in [-0.15, -0.1) is 0 Å². The predicted molar refractivity (Wildman–Crippen MR) is 35.9 cm³/mol. The molecular weight excluding hydrogens is 195 g/mol. The molecule has 0 atom stereocenters. The van der Waals surface area contributed by atoms with Crippen molar-refractivity contribution < 1.29 is 36.3 Å². The van der Waals surface area contributed by atoms with Crippen LogP contribution in [0.2, 0.25) is 0 Å². The van der Waals surface area contributed by atoms with E-state index in [4.69, 9.17) is 10.2 Å². The second kappa shape index (κ2) is 12.1. The molecule has 4 nitrogen and oxygen atoms in total. The Morgan fingerprint density at radius 3 is 1.09 bits per heavy atom. The first-order chi connectivity index (χ1) is 4.54. The molecule has 0 unspecified atom stereocenters. The monoisotopic (exact) mass is 206 g/mol. The number of aliphatic carboxylic acids is 2. The molecule has 0 aromatic rings. The van der Waals surface area contributed by atoms with Crippen LogP contribution in [-0.2, 0) is 26.1 Å². The van der Waals surface area contributed by atoms with Gasteiger partial charge in [0.15, 0.2) is 0 Å². The molecule has 0 bridgehead atoms. The van der Waals surface area contributed by atoms with Crippen LogP contribution in [0.25, 0.3) is 0 Å². The molecular formula is C6H12NiO4. The van der Waals surface area contributed by atoms with Gasteiger partial charge in [0.1, 0.15) is 0 Å². The summed E-state index contributed by atoms with van der Waals surface area (Å²) in [5.41, 5.74) is 0. The molecule has 70 valence electrons. The Balaban J connectivity index is -0.000000107. The maximum Gasteiger partial charge on any atom is 0.303 e. The van der Waals surface area contributed by atoms with Crippen molar-refractivity contribution in [2.75, 3.05) is 0 Å². The van der Waals surface area contributed by atoms with Crippen molar-refractivity contribution in [3.63, 3.8) is 0 Å². The van der Waals surface area contributed by atoms with E-state index in [9.17, 15) is 9.59 Å². The van der Waals surface area contributed by atoms with Gasteiger partial charge in [0, 0.05) is 29.3 Å². The third kappa shape index (κ3) is 44.2. The van der Waals surface area contributed by atoms with Crippen molar-refractivity contribution in [1.29, 1.82) is 0 Å². The largest absolute Gasteiger partial charge is 0.481 e. The molecule has 0 amide bonds. The quantitative estimate of drug-likeness (QED) is 0.661. The molecule has 0 saturated carbocycles. The molecule has 0 heterocycles. The Kier molecular flexibility index (Phi) is 18.5. The second-order valence-electron chi connectivity index (χ2n) is 1.49. The Hall–Kier alpha value is -0.566. The minimum absolute atomic E-state index is 0. The third-order valence-corrected chi connectivity index (χ3v) is 0.605. The van der Waals surface area contributed by atoms with Crippen molar-refractivity contribution >= 4 is 11.9 Å². The van der Waals surface area contributed by atoms with Crippen molar-refractivity contribution in [2.24, 2.45) is 0 Å². The maximum atomic E-state index is 9.37. The molecule has 0 fully saturated rings. The number of carboxylic acid groups (broad SMARTS) is 2. The smallest absolute Gasteiger partial charge is 0.303 e. The molecule has 0 rings (SSSR count). The fourth-order valence-corrected chi connectivity index (χ4v) is 0. The Morgan fingerprint density at radius 2 is 1.09 bits per heavy atom. The molecule has 0 saturated heterocycles. The average Bonchev–Trinajstić information content (AvgIpc) is 1.89. The zero-order valence-electron chi connectivity index (χ0n) is 6.44. The van der Waals surface area contributed by atoms with Crippen LogP contribution >= 0.6 is 0 Å². The van der Waals surface area contributed by atoms with E-state index >= 15 is 0 Å². The van der Waals surface area contributed by atoms with E-state index in [0.29, 0.717) is 0 Å². The van der Waals surface area contributed by atoms with Crippen LogP contribution in [0.4, 0.5) is 0 Å². The summed E-state index contributed by atoms with van der Waals surface area (Å²) >= 11 is 0. The van der Waals surface area contributed by atoms with Gasteiger partial charge in [0.25, 0.3) is 0 Å². The van der Waals surface area contributed by atoms with Gasteiger partial charge in [0.2, 0.25) is 0 Å². The summed E-state index contributed by atoms with van der Waals surface area (Å²) in [5.74, 6) is -1.49. The summed E-state index contributed by atoms with van der Waals surface area (Å²) < 4.78 is 0. The summed E-state index contributed by atoms with van der Waals surface area (Å²) in [7, 11) is 0. The summed E-state index contributed by atoms with van der Waals surface area (Å²) in [6, 6.07) is 0. The van der Waals surface area contributed by atoms with Gasteiger partial charge in [-0.2, -0.15) is 0 Å². The molecule has 5 heteroatoms. The van der Waals surface area contributed by atoms with E-state index in [-0.39, 0.29) is 29.3 Å². The number of carbonyl (C=O) groups is 2. The second-order valence-corrected chi connectivity index (χ2v) is 1.49. The number of hydrogen-bond acceptors (Lipinski definition) is 2. The normalized spacial score (nSPS) is 6.73. The average molecular weight is 207 g/mol. The van der Waals surface area contributed by atoms with Gasteiger partial charge in [-0.05, 0) is 0 Å². The zero-order valence-corrected chi connectivity index (χ0v) is 7.43. The van der Waals surface area contributed by atoms with Crippen LogP contribution in [-0.4, -0.2) is 22.2 Å². The topological polar surface area (TPSA) is 74.6 Å². The fourth-order valence-electron chi connectivity index (χ4n) is 0. The molecule has 0 radical (unpaired) electrons. The van der Waals surface area contributed by atoms with E-state index < -0.39 is 11.9 Å². The molecule has 0 aliphatic heterocycles. The van der Waals surface area contributed by atoms with E-state index in [1.807, 2.05) is 0 Å². The molecule has 11 heavy (non-hydrogen) atoms. The third-order valence-electron chi connectivity index (χ3n) is 0.605. The van der Waals surface area contributed by atoms with Gasteiger partial charge in [-0.1, -0.05) is 13.8 Å². The molecule has 2 N–H and O–H groups in total. The van der Waals surface area contributed by atoms with Gasteiger partial charge >= 0.3 is 11.9 Å². The SMILES string of the molecule is CCC(=O)O.CCC(=O)O.[Ni]. The van der Waals surface area contributed by atoms with Gasteiger partial charge in [-0.25, -0.2) is 0 Å². The van der Waals surface area contributed by atoms with E-state index in [0.717, 1.165) is 0 Å². The molecule has 0 aromatic heterocycles. The van der Waals surface area contributed by atoms with Gasteiger partial charge < -0.3 is 10.2 Å². The molecule has 0 aliphatic carbocycles. The van der Waals surface area contributed by atoms with Crippen molar-refractivity contribution in [2.45, 2.75) is 26.7 Å². The van der Waals surface area contributed by atoms with Crippen molar-refractivity contribution in [3.05, 3.63) is 0 Å². The summed E-state index contributed by atoms with van der Waals surface area (Å²) in [6.45, 7) is 3.20. The Labute approximate surface area is 75.5 Å². The number of hydrogen-bond donors (Lipinski definition) is 2. The van der Waals surface area contributed by atoms with Crippen LogP contribution in [0.15, 0.2) is 0 Å². The Morgan fingerprint density at radius 1 is 1.00 bits per heavy atom. The maximum absolute atomic E-state index is 9.37. The summed E-state index contributed by atoms with van der Waals surface area (Å²) in [5, 5.41) is 15.4. The van der Waals surface area contributed by atoms with E-state index in [2.05, 4.69) is 0 Å². The molecule has 0 spiro atoms. The van der Waals surface area contributed by atoms with Crippen molar-refractivity contribution in [1.82, 2.24) is 0 Å². The summed E-state index contributed by atoms with van der Waals surface area (Å²) in [4.78, 5) is 18.7. The van der Waals surface area contributed by atoms with Gasteiger partial charge in [-0.3, -0.25) is 9.59 Å². The first kappa shape index (κ1) is 16.8. The van der Waals surface area contributed by atoms with Crippen LogP contribution in [0, 0.1) is 0 Å². The van der Waals surface area contributed by atoms with Crippen LogP contribution in [0.3, 0.4) is 0 Å². The van der Waals surface area contributed by atoms with E-state index in [1.54, 1.807) is 13.8 Å². The molecule has 0 aliphatic rings. The first-order valence-corrected chi connectivity index (χ1v) is 2.98. The van der Waals surface area contributed by atoms with Crippen LogP contribution in [0.5, 0.6) is 0 Å². The van der Waals surface area contributed by atoms with E-state index in [1.165, 1.54) is 0 Å². The predicted octanol–water partition coefficient (Wildman–Crippen LogP) is 0.960. The summed E-state index contributed by atoms with van der Waals surface area (Å²) in [6.07, 6.45) is 0.444. The number of rotatable bonds is 2. The minimum Gasteiger partial charge on any atom is -0.481 e. The van der Waals surface area contributed by atoms with Crippen molar-refractivity contribution in [3.8, 4) is 0 Å². The fraction of sp³-hybridized carbons (Fsp3) is 0.667. The first-order valence-electron chi connectivity index (χ1n) is 2.98.